The van der Waals surface area contributed by atoms with Gasteiger partial charge in [0.2, 0.25) is 0 Å². The number of aryl methyl sites for hydroxylation is 1. The standard InChI is InChI=1S/C32H33F3N6O2S/c1-20(2)26-15-6-21(3)18-27(26)40-16-17-44-30(40)37-29(42)38-31(4,5)23-9-7-22(8-10-23)28-36-19-41(39-28)24-11-13-25(14-12-24)43-32(33,34)35/h6-15,18-20H,16-17H2,1-5H3,(H,38,42)/b37-30-. The van der Waals surface area contributed by atoms with Gasteiger partial charge in [-0.1, -0.05) is 62.0 Å². The number of thioether (sulfide) groups is 1. The number of ether oxygens (including phenoxy) is 1. The lowest BCUT2D eigenvalue weighted by atomic mass is 9.93. The van der Waals surface area contributed by atoms with Crippen molar-refractivity contribution in [2.75, 3.05) is 17.2 Å². The maximum atomic E-state index is 13.1. The predicted molar refractivity (Wildman–Crippen MR) is 168 cm³/mol. The summed E-state index contributed by atoms with van der Waals surface area (Å²) >= 11 is 1.57. The highest BCUT2D eigenvalue weighted by molar-refractivity contribution is 8.14. The highest BCUT2D eigenvalue weighted by atomic mass is 32.2. The molecular formula is C32H33F3N6O2S. The quantitative estimate of drug-likeness (QED) is 0.226. The summed E-state index contributed by atoms with van der Waals surface area (Å²) in [5, 5.41) is 8.18. The summed E-state index contributed by atoms with van der Waals surface area (Å²) in [6.07, 6.45) is -3.27. The van der Waals surface area contributed by atoms with E-state index in [-0.39, 0.29) is 5.75 Å². The van der Waals surface area contributed by atoms with E-state index in [1.54, 1.807) is 11.8 Å². The average Bonchev–Trinajstić information content (AvgIpc) is 3.62. The van der Waals surface area contributed by atoms with Crippen LogP contribution in [0.4, 0.5) is 23.7 Å². The first-order valence-electron chi connectivity index (χ1n) is 14.1. The third-order valence-corrected chi connectivity index (χ3v) is 8.14. The lowest BCUT2D eigenvalue weighted by Gasteiger charge is -2.27. The van der Waals surface area contributed by atoms with Gasteiger partial charge in [-0.25, -0.2) is 14.5 Å². The first-order valence-corrected chi connectivity index (χ1v) is 15.1. The number of halogens is 3. The second-order valence-electron chi connectivity index (χ2n) is 11.3. The number of aromatic nitrogens is 3. The third-order valence-electron chi connectivity index (χ3n) is 7.18. The Bertz CT molecular complexity index is 1660. The van der Waals surface area contributed by atoms with Crippen molar-refractivity contribution in [1.82, 2.24) is 20.1 Å². The number of hydrogen-bond donors (Lipinski definition) is 1. The molecule has 3 aromatic carbocycles. The molecule has 1 aliphatic heterocycles. The SMILES string of the molecule is Cc1ccc(C(C)C)c(N2CCS/C2=N\C(=O)NC(C)(C)c2ccc(-c3ncn(-c4ccc(OC(F)(F)F)cc4)n3)cc2)c1. The first kappa shape index (κ1) is 31.1. The van der Waals surface area contributed by atoms with E-state index < -0.39 is 17.9 Å². The first-order chi connectivity index (χ1) is 20.8. The molecule has 1 fully saturated rings. The minimum atomic E-state index is -4.76. The second-order valence-corrected chi connectivity index (χ2v) is 12.4. The molecule has 0 aliphatic carbocycles. The number of aliphatic imine (C=N–C) groups is 1. The monoisotopic (exact) mass is 622 g/mol. The number of rotatable bonds is 7. The van der Waals surface area contributed by atoms with Gasteiger partial charge >= 0.3 is 12.4 Å². The molecule has 0 saturated carbocycles. The largest absolute Gasteiger partial charge is 0.573 e. The van der Waals surface area contributed by atoms with Gasteiger partial charge in [0.1, 0.15) is 12.1 Å². The predicted octanol–water partition coefficient (Wildman–Crippen LogP) is 7.82. The summed E-state index contributed by atoms with van der Waals surface area (Å²) in [6.45, 7) is 11.0. The van der Waals surface area contributed by atoms with Gasteiger partial charge in [0.05, 0.1) is 11.2 Å². The van der Waals surface area contributed by atoms with Crippen LogP contribution in [0.1, 0.15) is 50.3 Å². The van der Waals surface area contributed by atoms with Crippen LogP contribution in [0, 0.1) is 6.92 Å². The van der Waals surface area contributed by atoms with Gasteiger partial charge in [-0.3, -0.25) is 0 Å². The maximum absolute atomic E-state index is 13.1. The number of nitrogens with zero attached hydrogens (tertiary/aromatic N) is 5. The molecule has 8 nitrogen and oxygen atoms in total. The summed E-state index contributed by atoms with van der Waals surface area (Å²) in [6, 6.07) is 18.9. The van der Waals surface area contributed by atoms with Gasteiger partial charge in [-0.2, -0.15) is 4.99 Å². The van der Waals surface area contributed by atoms with E-state index in [9.17, 15) is 18.0 Å². The van der Waals surface area contributed by atoms with Gasteiger partial charge in [0, 0.05) is 23.5 Å². The summed E-state index contributed by atoms with van der Waals surface area (Å²) < 4.78 is 42.7. The molecule has 1 saturated heterocycles. The molecule has 1 aliphatic rings. The normalized spacial score (nSPS) is 14.8. The Hall–Kier alpha value is -4.32. The number of amides is 2. The number of alkyl halides is 3. The molecule has 230 valence electrons. The van der Waals surface area contributed by atoms with Crippen molar-refractivity contribution in [1.29, 1.82) is 0 Å². The minimum Gasteiger partial charge on any atom is -0.406 e. The summed E-state index contributed by atoms with van der Waals surface area (Å²) in [5.41, 5.74) is 4.89. The maximum Gasteiger partial charge on any atom is 0.573 e. The van der Waals surface area contributed by atoms with Crippen LogP contribution in [0.25, 0.3) is 17.1 Å². The number of carbonyl (C=O) groups excluding carboxylic acids is 1. The molecule has 1 N–H and O–H groups in total. The zero-order valence-electron chi connectivity index (χ0n) is 25.0. The number of urea groups is 1. The highest BCUT2D eigenvalue weighted by Gasteiger charge is 2.31. The van der Waals surface area contributed by atoms with Crippen LogP contribution < -0.4 is 15.0 Å². The molecule has 0 radical (unpaired) electrons. The molecule has 12 heteroatoms. The smallest absolute Gasteiger partial charge is 0.406 e. The van der Waals surface area contributed by atoms with E-state index in [0.717, 1.165) is 34.7 Å². The summed E-state index contributed by atoms with van der Waals surface area (Å²) in [4.78, 5) is 24.1. The molecule has 4 aromatic rings. The molecule has 2 amide bonds. The summed E-state index contributed by atoms with van der Waals surface area (Å²) in [5.74, 6) is 1.31. The number of carbonyl (C=O) groups is 1. The molecule has 0 spiro atoms. The number of hydrogen-bond acceptors (Lipinski definition) is 5. The fraction of sp³-hybridized carbons (Fsp3) is 0.312. The molecule has 5 rings (SSSR count). The zero-order chi connectivity index (χ0) is 31.6. The van der Waals surface area contributed by atoms with Crippen LogP contribution in [0.2, 0.25) is 0 Å². The van der Waals surface area contributed by atoms with Crippen LogP contribution in [-0.2, 0) is 5.54 Å². The van der Waals surface area contributed by atoms with Gasteiger partial charge in [0.25, 0.3) is 0 Å². The fourth-order valence-corrected chi connectivity index (χ4v) is 5.85. The van der Waals surface area contributed by atoms with Crippen LogP contribution in [-0.4, -0.2) is 44.6 Å². The van der Waals surface area contributed by atoms with Gasteiger partial charge < -0.3 is 15.0 Å². The van der Waals surface area contributed by atoms with E-state index in [0.29, 0.717) is 22.6 Å². The second kappa shape index (κ2) is 12.4. The molecule has 44 heavy (non-hydrogen) atoms. The summed E-state index contributed by atoms with van der Waals surface area (Å²) in [7, 11) is 0. The molecule has 1 aromatic heterocycles. The Balaban J connectivity index is 1.27. The van der Waals surface area contributed by atoms with Gasteiger partial charge in [-0.15, -0.1) is 18.3 Å². The molecule has 0 bridgehead atoms. The number of anilines is 1. The number of benzene rings is 3. The topological polar surface area (TPSA) is 84.6 Å². The number of nitrogens with one attached hydrogen (secondary N) is 1. The Kier molecular flexibility index (Phi) is 8.73. The van der Waals surface area contributed by atoms with E-state index >= 15 is 0 Å². The van der Waals surface area contributed by atoms with Crippen LogP contribution in [0.15, 0.2) is 78.0 Å². The lowest BCUT2D eigenvalue weighted by molar-refractivity contribution is -0.274. The Morgan fingerprint density at radius 1 is 1.05 bits per heavy atom. The van der Waals surface area contributed by atoms with E-state index in [4.69, 9.17) is 0 Å². The van der Waals surface area contributed by atoms with Crippen molar-refractivity contribution in [3.05, 3.63) is 89.7 Å². The lowest BCUT2D eigenvalue weighted by Crippen LogP contribution is -2.40. The average molecular weight is 623 g/mol. The molecular weight excluding hydrogens is 589 g/mol. The van der Waals surface area contributed by atoms with Gasteiger partial charge in [-0.05, 0) is 73.7 Å². The van der Waals surface area contributed by atoms with Crippen molar-refractivity contribution in [3.8, 4) is 22.8 Å². The number of amidine groups is 1. The van der Waals surface area contributed by atoms with Gasteiger partial charge in [0.15, 0.2) is 11.0 Å². The highest BCUT2D eigenvalue weighted by Crippen LogP contribution is 2.34. The van der Waals surface area contributed by atoms with E-state index in [1.165, 1.54) is 40.8 Å². The van der Waals surface area contributed by atoms with Crippen LogP contribution in [0.5, 0.6) is 5.75 Å². The van der Waals surface area contributed by atoms with E-state index in [2.05, 4.69) is 69.0 Å². The minimum absolute atomic E-state index is 0.316. The van der Waals surface area contributed by atoms with Crippen LogP contribution in [0.3, 0.4) is 0 Å². The molecule has 0 atom stereocenters. The fourth-order valence-electron chi connectivity index (χ4n) is 4.90. The van der Waals surface area contributed by atoms with Crippen molar-refractivity contribution in [3.63, 3.8) is 0 Å². The Morgan fingerprint density at radius 2 is 1.75 bits per heavy atom. The third kappa shape index (κ3) is 7.24. The van der Waals surface area contributed by atoms with Crippen molar-refractivity contribution >= 4 is 28.6 Å². The van der Waals surface area contributed by atoms with Crippen molar-refractivity contribution in [2.24, 2.45) is 4.99 Å². The van der Waals surface area contributed by atoms with Crippen molar-refractivity contribution < 1.29 is 22.7 Å². The van der Waals surface area contributed by atoms with Crippen LogP contribution >= 0.6 is 11.8 Å². The van der Waals surface area contributed by atoms with E-state index in [1.807, 2.05) is 38.1 Å². The molecule has 2 heterocycles. The molecule has 0 unspecified atom stereocenters. The zero-order valence-corrected chi connectivity index (χ0v) is 25.8. The Morgan fingerprint density at radius 3 is 2.41 bits per heavy atom. The Labute approximate surface area is 258 Å². The van der Waals surface area contributed by atoms with Crippen molar-refractivity contribution in [2.45, 2.75) is 52.4 Å².